The second-order valence-corrected chi connectivity index (χ2v) is 3.87. The van der Waals surface area contributed by atoms with Crippen LogP contribution in [-0.4, -0.2) is 19.9 Å². The van der Waals surface area contributed by atoms with Gasteiger partial charge in [0.2, 0.25) is 0 Å². The Morgan fingerprint density at radius 2 is 2.12 bits per heavy atom. The molecule has 0 unspecified atom stereocenters. The number of imidazole rings is 1. The molecule has 0 aliphatic rings. The number of pyridine rings is 2. The molecular formula is C13H12N4. The molecule has 0 spiro atoms. The molecule has 3 aromatic heterocycles. The molecule has 0 aromatic carbocycles. The monoisotopic (exact) mass is 224 g/mol. The van der Waals surface area contributed by atoms with Gasteiger partial charge in [-0.2, -0.15) is 0 Å². The van der Waals surface area contributed by atoms with Crippen molar-refractivity contribution in [2.75, 3.05) is 0 Å². The van der Waals surface area contributed by atoms with Crippen molar-refractivity contribution >= 4 is 11.2 Å². The molecule has 3 rings (SSSR count). The predicted octanol–water partition coefficient (Wildman–Crippen LogP) is 2.58. The predicted molar refractivity (Wildman–Crippen MR) is 66.5 cm³/mol. The number of hydrogen-bond acceptors (Lipinski definition) is 3. The van der Waals surface area contributed by atoms with Gasteiger partial charge >= 0.3 is 0 Å². The van der Waals surface area contributed by atoms with Crippen LogP contribution >= 0.6 is 0 Å². The summed E-state index contributed by atoms with van der Waals surface area (Å²) in [5.74, 6) is 0.765. The summed E-state index contributed by atoms with van der Waals surface area (Å²) in [5.41, 5.74) is 3.73. The fourth-order valence-electron chi connectivity index (χ4n) is 1.74. The van der Waals surface area contributed by atoms with E-state index in [-0.39, 0.29) is 0 Å². The quantitative estimate of drug-likeness (QED) is 0.727. The zero-order valence-electron chi connectivity index (χ0n) is 9.51. The third kappa shape index (κ3) is 1.78. The van der Waals surface area contributed by atoms with Crippen LogP contribution in [0.1, 0.15) is 12.5 Å². The Balaban J connectivity index is 2.07. The first-order valence-electron chi connectivity index (χ1n) is 5.63. The van der Waals surface area contributed by atoms with Crippen molar-refractivity contribution in [1.82, 2.24) is 19.9 Å². The van der Waals surface area contributed by atoms with Crippen LogP contribution in [-0.2, 0) is 6.42 Å². The lowest BCUT2D eigenvalue weighted by molar-refractivity contribution is 1.10. The molecule has 1 N–H and O–H groups in total. The maximum Gasteiger partial charge on any atom is 0.178 e. The van der Waals surface area contributed by atoms with Crippen molar-refractivity contribution in [3.05, 3.63) is 42.2 Å². The lowest BCUT2D eigenvalue weighted by Gasteiger charge is -1.97. The first-order chi connectivity index (χ1) is 8.36. The van der Waals surface area contributed by atoms with Crippen LogP contribution in [0.3, 0.4) is 0 Å². The summed E-state index contributed by atoms with van der Waals surface area (Å²) in [6.07, 6.45) is 4.62. The number of nitrogens with one attached hydrogen (secondary N) is 1. The fourth-order valence-corrected chi connectivity index (χ4v) is 1.74. The summed E-state index contributed by atoms with van der Waals surface area (Å²) in [4.78, 5) is 16.2. The van der Waals surface area contributed by atoms with Crippen LogP contribution < -0.4 is 0 Å². The van der Waals surface area contributed by atoms with Gasteiger partial charge in [-0.15, -0.1) is 0 Å². The van der Waals surface area contributed by atoms with Gasteiger partial charge in [0.15, 0.2) is 11.5 Å². The number of H-pyrrole nitrogens is 1. The van der Waals surface area contributed by atoms with Crippen LogP contribution in [0.4, 0.5) is 0 Å². The van der Waals surface area contributed by atoms with Crippen molar-refractivity contribution in [3.8, 4) is 11.5 Å². The summed E-state index contributed by atoms with van der Waals surface area (Å²) in [6, 6.07) is 7.90. The molecule has 0 atom stereocenters. The molecule has 0 aliphatic carbocycles. The van der Waals surface area contributed by atoms with E-state index in [9.17, 15) is 0 Å². The van der Waals surface area contributed by atoms with Gasteiger partial charge in [-0.1, -0.05) is 13.0 Å². The molecule has 84 valence electrons. The van der Waals surface area contributed by atoms with Crippen molar-refractivity contribution in [2.45, 2.75) is 13.3 Å². The van der Waals surface area contributed by atoms with Crippen LogP contribution in [0, 0.1) is 0 Å². The molecule has 0 aliphatic heterocycles. The molecule has 17 heavy (non-hydrogen) atoms. The van der Waals surface area contributed by atoms with Crippen LogP contribution in [0.5, 0.6) is 0 Å². The van der Waals surface area contributed by atoms with Crippen molar-refractivity contribution < 1.29 is 0 Å². The van der Waals surface area contributed by atoms with E-state index in [0.29, 0.717) is 0 Å². The van der Waals surface area contributed by atoms with Crippen LogP contribution in [0.2, 0.25) is 0 Å². The Hall–Kier alpha value is -2.23. The summed E-state index contributed by atoms with van der Waals surface area (Å²) >= 11 is 0. The normalized spacial score (nSPS) is 10.9. The maximum absolute atomic E-state index is 4.41. The summed E-state index contributed by atoms with van der Waals surface area (Å²) < 4.78 is 0. The second kappa shape index (κ2) is 3.97. The number of aryl methyl sites for hydroxylation is 1. The van der Waals surface area contributed by atoms with Crippen LogP contribution in [0.25, 0.3) is 22.7 Å². The molecule has 0 amide bonds. The fraction of sp³-hybridized carbons (Fsp3) is 0.154. The van der Waals surface area contributed by atoms with Crippen molar-refractivity contribution in [2.24, 2.45) is 0 Å². The Bertz CT molecular complexity index is 607. The van der Waals surface area contributed by atoms with E-state index < -0.39 is 0 Å². The van der Waals surface area contributed by atoms with E-state index in [4.69, 9.17) is 0 Å². The average molecular weight is 224 g/mol. The standard InChI is InChI=1S/C13H12N4/c1-2-9-5-6-10(15-8-9)13-16-11-4-3-7-14-12(11)17-13/h3-8H,2H2,1H3,(H,14,16,17). The molecule has 4 heteroatoms. The first kappa shape index (κ1) is 9.96. The molecule has 0 saturated heterocycles. The lowest BCUT2D eigenvalue weighted by atomic mass is 10.2. The highest BCUT2D eigenvalue weighted by atomic mass is 15.0. The van der Waals surface area contributed by atoms with E-state index in [1.807, 2.05) is 24.4 Å². The minimum atomic E-state index is 0.726. The third-order valence-corrected chi connectivity index (χ3v) is 2.73. The maximum atomic E-state index is 4.41. The van der Waals surface area contributed by atoms with E-state index in [2.05, 4.69) is 32.9 Å². The minimum Gasteiger partial charge on any atom is -0.335 e. The minimum absolute atomic E-state index is 0.726. The van der Waals surface area contributed by atoms with Gasteiger partial charge in [0.05, 0.1) is 5.52 Å². The third-order valence-electron chi connectivity index (χ3n) is 2.73. The Labute approximate surface area is 98.8 Å². The first-order valence-corrected chi connectivity index (χ1v) is 5.63. The summed E-state index contributed by atoms with van der Waals surface area (Å²) in [5, 5.41) is 0. The molecular weight excluding hydrogens is 212 g/mol. The number of rotatable bonds is 2. The molecule has 0 saturated carbocycles. The number of nitrogens with zero attached hydrogens (tertiary/aromatic N) is 3. The van der Waals surface area contributed by atoms with Gasteiger partial charge in [0.25, 0.3) is 0 Å². The van der Waals surface area contributed by atoms with Gasteiger partial charge < -0.3 is 4.98 Å². The van der Waals surface area contributed by atoms with Gasteiger partial charge in [-0.25, -0.2) is 9.97 Å². The van der Waals surface area contributed by atoms with Gasteiger partial charge in [0, 0.05) is 12.4 Å². The smallest absolute Gasteiger partial charge is 0.178 e. The van der Waals surface area contributed by atoms with Gasteiger partial charge in [-0.05, 0) is 30.2 Å². The van der Waals surface area contributed by atoms with Crippen molar-refractivity contribution in [3.63, 3.8) is 0 Å². The number of hydrogen-bond donors (Lipinski definition) is 1. The molecule has 0 fully saturated rings. The van der Waals surface area contributed by atoms with Crippen LogP contribution in [0.15, 0.2) is 36.7 Å². The highest BCUT2D eigenvalue weighted by Crippen LogP contribution is 2.17. The molecule has 0 radical (unpaired) electrons. The molecule has 0 bridgehead atoms. The number of fused-ring (bicyclic) bond motifs is 1. The van der Waals surface area contributed by atoms with E-state index in [0.717, 1.165) is 29.1 Å². The molecule has 4 nitrogen and oxygen atoms in total. The summed E-state index contributed by atoms with van der Waals surface area (Å²) in [6.45, 7) is 2.11. The van der Waals surface area contributed by atoms with Gasteiger partial charge in [0.1, 0.15) is 5.69 Å². The number of aromatic nitrogens is 4. The van der Waals surface area contributed by atoms with E-state index >= 15 is 0 Å². The molecule has 3 aromatic rings. The Morgan fingerprint density at radius 3 is 2.82 bits per heavy atom. The average Bonchev–Trinajstić information content (AvgIpc) is 2.82. The molecule has 3 heterocycles. The number of aromatic amines is 1. The summed E-state index contributed by atoms with van der Waals surface area (Å²) in [7, 11) is 0. The van der Waals surface area contributed by atoms with E-state index in [1.54, 1.807) is 6.20 Å². The largest absolute Gasteiger partial charge is 0.335 e. The highest BCUT2D eigenvalue weighted by Gasteiger charge is 2.06. The lowest BCUT2D eigenvalue weighted by Crippen LogP contribution is -1.87. The van der Waals surface area contributed by atoms with Crippen molar-refractivity contribution in [1.29, 1.82) is 0 Å². The zero-order chi connectivity index (χ0) is 11.7. The zero-order valence-corrected chi connectivity index (χ0v) is 9.51. The topological polar surface area (TPSA) is 54.5 Å². The SMILES string of the molecule is CCc1ccc(-c2nc3ncccc3[nH]2)nc1. The second-order valence-electron chi connectivity index (χ2n) is 3.87. The Kier molecular flexibility index (Phi) is 2.33. The Morgan fingerprint density at radius 1 is 1.18 bits per heavy atom. The highest BCUT2D eigenvalue weighted by molar-refractivity contribution is 5.74. The van der Waals surface area contributed by atoms with Gasteiger partial charge in [-0.3, -0.25) is 4.98 Å². The van der Waals surface area contributed by atoms with E-state index in [1.165, 1.54) is 5.56 Å².